The molecule has 1 aliphatic rings. The number of nitrogens with zero attached hydrogens (tertiary/aromatic N) is 2. The van der Waals surface area contributed by atoms with Crippen LogP contribution in [0.1, 0.15) is 18.4 Å². The van der Waals surface area contributed by atoms with Gasteiger partial charge in [-0.2, -0.15) is 5.10 Å². The minimum absolute atomic E-state index is 0.525. The zero-order valence-electron chi connectivity index (χ0n) is 13.5. The second kappa shape index (κ2) is 6.83. The smallest absolute Gasteiger partial charge is 0.0651 e. The first-order valence-electron chi connectivity index (χ1n) is 8.43. The molecule has 2 N–H and O–H groups in total. The minimum atomic E-state index is 0.525. The van der Waals surface area contributed by atoms with Gasteiger partial charge in [0.05, 0.1) is 11.7 Å². The Bertz CT molecular complexity index is 821. The largest absolute Gasteiger partial charge is 0.382 e. The van der Waals surface area contributed by atoms with E-state index in [1.54, 1.807) is 0 Å². The fourth-order valence-electron chi connectivity index (χ4n) is 3.37. The Morgan fingerprint density at radius 1 is 1.17 bits per heavy atom. The van der Waals surface area contributed by atoms with Crippen LogP contribution < -0.4 is 5.32 Å². The number of aromatic amines is 1. The van der Waals surface area contributed by atoms with Gasteiger partial charge in [-0.25, -0.2) is 0 Å². The summed E-state index contributed by atoms with van der Waals surface area (Å²) in [7, 11) is 0. The summed E-state index contributed by atoms with van der Waals surface area (Å²) in [6.45, 7) is 3.13. The first kappa shape index (κ1) is 15.5. The highest BCUT2D eigenvalue weighted by atomic mass is 35.5. The van der Waals surface area contributed by atoms with E-state index >= 15 is 0 Å². The molecule has 0 unspecified atom stereocenters. The quantitative estimate of drug-likeness (QED) is 0.744. The van der Waals surface area contributed by atoms with E-state index in [4.69, 9.17) is 11.6 Å². The van der Waals surface area contributed by atoms with Gasteiger partial charge in [0, 0.05) is 41.8 Å². The highest BCUT2D eigenvalue weighted by Crippen LogP contribution is 2.23. The van der Waals surface area contributed by atoms with Gasteiger partial charge >= 0.3 is 0 Å². The van der Waals surface area contributed by atoms with Crippen LogP contribution >= 0.6 is 11.6 Å². The van der Waals surface area contributed by atoms with Crippen LogP contribution in [0.3, 0.4) is 0 Å². The fourth-order valence-corrected chi connectivity index (χ4v) is 3.57. The van der Waals surface area contributed by atoms with Gasteiger partial charge in [0.15, 0.2) is 0 Å². The number of hydrogen-bond acceptors (Lipinski definition) is 3. The van der Waals surface area contributed by atoms with Gasteiger partial charge in [-0.1, -0.05) is 29.8 Å². The van der Waals surface area contributed by atoms with E-state index in [0.29, 0.717) is 6.04 Å². The van der Waals surface area contributed by atoms with Gasteiger partial charge in [0.25, 0.3) is 0 Å². The van der Waals surface area contributed by atoms with E-state index < -0.39 is 0 Å². The van der Waals surface area contributed by atoms with Crippen molar-refractivity contribution in [3.05, 3.63) is 59.2 Å². The summed E-state index contributed by atoms with van der Waals surface area (Å²) in [6.07, 6.45) is 4.16. The molecular formula is C19H21ClN4. The summed E-state index contributed by atoms with van der Waals surface area (Å²) in [6, 6.07) is 15.0. The number of nitrogens with one attached hydrogen (secondary N) is 2. The summed E-state index contributed by atoms with van der Waals surface area (Å²) in [5.41, 5.74) is 3.47. The summed E-state index contributed by atoms with van der Waals surface area (Å²) >= 11 is 6.27. The third-order valence-electron chi connectivity index (χ3n) is 4.75. The Labute approximate surface area is 146 Å². The van der Waals surface area contributed by atoms with E-state index in [9.17, 15) is 0 Å². The van der Waals surface area contributed by atoms with Crippen LogP contribution in [-0.2, 0) is 6.54 Å². The third-order valence-corrected chi connectivity index (χ3v) is 5.12. The standard InChI is InChI=1S/C19H21ClN4/c20-18-4-2-1-3-14(18)13-24-9-7-16(8-10-24)22-17-5-6-19-15(11-17)12-21-23-19/h1-6,11-12,16,22H,7-10,13H2,(H,21,23). The minimum Gasteiger partial charge on any atom is -0.382 e. The third kappa shape index (κ3) is 3.40. The van der Waals surface area contributed by atoms with E-state index in [0.717, 1.165) is 48.4 Å². The molecule has 0 saturated carbocycles. The second-order valence-corrected chi connectivity index (χ2v) is 6.87. The molecule has 3 aromatic rings. The molecule has 1 fully saturated rings. The maximum atomic E-state index is 6.27. The Kier molecular flexibility index (Phi) is 4.41. The molecule has 2 heterocycles. The van der Waals surface area contributed by atoms with E-state index in [-0.39, 0.29) is 0 Å². The molecule has 0 radical (unpaired) electrons. The van der Waals surface area contributed by atoms with Gasteiger partial charge in [0.2, 0.25) is 0 Å². The number of halogens is 1. The molecule has 0 aliphatic carbocycles. The van der Waals surface area contributed by atoms with Crippen molar-refractivity contribution in [1.29, 1.82) is 0 Å². The topological polar surface area (TPSA) is 44.0 Å². The molecule has 24 heavy (non-hydrogen) atoms. The van der Waals surface area contributed by atoms with Crippen LogP contribution in [0.25, 0.3) is 10.9 Å². The molecular weight excluding hydrogens is 320 g/mol. The lowest BCUT2D eigenvalue weighted by Crippen LogP contribution is -2.38. The highest BCUT2D eigenvalue weighted by Gasteiger charge is 2.19. The van der Waals surface area contributed by atoms with Crippen LogP contribution in [0.15, 0.2) is 48.7 Å². The summed E-state index contributed by atoms with van der Waals surface area (Å²) in [5, 5.41) is 12.7. The molecule has 0 bridgehead atoms. The van der Waals surface area contributed by atoms with Crippen LogP contribution in [0, 0.1) is 0 Å². The number of fused-ring (bicyclic) bond motifs is 1. The average Bonchev–Trinajstić information content (AvgIpc) is 3.06. The van der Waals surface area contributed by atoms with Crippen molar-refractivity contribution >= 4 is 28.2 Å². The number of rotatable bonds is 4. The first-order chi connectivity index (χ1) is 11.8. The van der Waals surface area contributed by atoms with Crippen molar-refractivity contribution in [3.63, 3.8) is 0 Å². The number of benzene rings is 2. The van der Waals surface area contributed by atoms with Crippen molar-refractivity contribution in [2.75, 3.05) is 18.4 Å². The molecule has 4 rings (SSSR count). The van der Waals surface area contributed by atoms with Crippen molar-refractivity contribution in [2.24, 2.45) is 0 Å². The lowest BCUT2D eigenvalue weighted by Gasteiger charge is -2.33. The van der Waals surface area contributed by atoms with E-state index in [1.165, 1.54) is 11.3 Å². The molecule has 5 heteroatoms. The van der Waals surface area contributed by atoms with Crippen molar-refractivity contribution in [3.8, 4) is 0 Å². The number of anilines is 1. The van der Waals surface area contributed by atoms with Crippen molar-refractivity contribution < 1.29 is 0 Å². The molecule has 0 amide bonds. The van der Waals surface area contributed by atoms with Crippen LogP contribution in [0.2, 0.25) is 5.02 Å². The van der Waals surface area contributed by atoms with Gasteiger partial charge in [-0.15, -0.1) is 0 Å². The summed E-state index contributed by atoms with van der Waals surface area (Å²) in [5.74, 6) is 0. The zero-order valence-corrected chi connectivity index (χ0v) is 14.3. The highest BCUT2D eigenvalue weighted by molar-refractivity contribution is 6.31. The van der Waals surface area contributed by atoms with Gasteiger partial charge in [-0.05, 0) is 42.7 Å². The maximum absolute atomic E-state index is 6.27. The number of H-pyrrole nitrogens is 1. The maximum Gasteiger partial charge on any atom is 0.0651 e. The molecule has 0 spiro atoms. The Hall–Kier alpha value is -2.04. The van der Waals surface area contributed by atoms with Gasteiger partial charge in [-0.3, -0.25) is 10.00 Å². The summed E-state index contributed by atoms with van der Waals surface area (Å²) in [4.78, 5) is 2.48. The first-order valence-corrected chi connectivity index (χ1v) is 8.81. The Morgan fingerprint density at radius 3 is 2.83 bits per heavy atom. The van der Waals surface area contributed by atoms with Gasteiger partial charge < -0.3 is 5.32 Å². The predicted molar refractivity (Wildman–Crippen MR) is 99.5 cm³/mol. The number of likely N-dealkylation sites (tertiary alicyclic amines) is 1. The molecule has 1 saturated heterocycles. The Morgan fingerprint density at radius 2 is 2.00 bits per heavy atom. The fraction of sp³-hybridized carbons (Fsp3) is 0.316. The normalized spacial score (nSPS) is 16.5. The van der Waals surface area contributed by atoms with Crippen LogP contribution in [0.4, 0.5) is 5.69 Å². The van der Waals surface area contributed by atoms with Crippen LogP contribution in [0.5, 0.6) is 0 Å². The molecule has 1 aromatic heterocycles. The molecule has 0 atom stereocenters. The number of aromatic nitrogens is 2. The monoisotopic (exact) mass is 340 g/mol. The Balaban J connectivity index is 1.33. The lowest BCUT2D eigenvalue weighted by molar-refractivity contribution is 0.211. The molecule has 4 nitrogen and oxygen atoms in total. The van der Waals surface area contributed by atoms with Crippen molar-refractivity contribution in [1.82, 2.24) is 15.1 Å². The zero-order chi connectivity index (χ0) is 16.4. The number of hydrogen-bond donors (Lipinski definition) is 2. The van der Waals surface area contributed by atoms with Crippen molar-refractivity contribution in [2.45, 2.75) is 25.4 Å². The summed E-state index contributed by atoms with van der Waals surface area (Å²) < 4.78 is 0. The van der Waals surface area contributed by atoms with E-state index in [2.05, 4.69) is 50.7 Å². The molecule has 1 aliphatic heterocycles. The van der Waals surface area contributed by atoms with Gasteiger partial charge in [0.1, 0.15) is 0 Å². The number of piperidine rings is 1. The van der Waals surface area contributed by atoms with E-state index in [1.807, 2.05) is 18.3 Å². The van der Waals surface area contributed by atoms with Crippen LogP contribution in [-0.4, -0.2) is 34.2 Å². The second-order valence-electron chi connectivity index (χ2n) is 6.46. The predicted octanol–water partition coefficient (Wildman–Crippen LogP) is 4.29. The average molecular weight is 341 g/mol. The molecule has 124 valence electrons. The lowest BCUT2D eigenvalue weighted by atomic mass is 10.0. The molecule has 2 aromatic carbocycles. The SMILES string of the molecule is Clc1ccccc1CN1CCC(Nc2ccc3[nH]ncc3c2)CC1.